The van der Waals surface area contributed by atoms with Gasteiger partial charge in [0, 0.05) is 17.7 Å². The van der Waals surface area contributed by atoms with Gasteiger partial charge in [0.05, 0.1) is 21.2 Å². The monoisotopic (exact) mass is 352 g/mol. The number of non-ortho nitro benzene ring substituents is 1. The fourth-order valence-corrected chi connectivity index (χ4v) is 3.24. The third kappa shape index (κ3) is 2.98. The number of hydrogen-bond acceptors (Lipinski definition) is 8. The lowest BCUT2D eigenvalue weighted by atomic mass is 9.99. The van der Waals surface area contributed by atoms with Crippen molar-refractivity contribution in [2.45, 2.75) is 6.92 Å². The summed E-state index contributed by atoms with van der Waals surface area (Å²) >= 11 is 1.28. The summed E-state index contributed by atoms with van der Waals surface area (Å²) in [6.07, 6.45) is 0. The van der Waals surface area contributed by atoms with Crippen LogP contribution in [0.15, 0.2) is 30.3 Å². The number of nitro benzene ring substituents is 1. The number of nitrogens with two attached hydrogens (primary N) is 2. The van der Waals surface area contributed by atoms with E-state index < -0.39 is 4.92 Å². The van der Waals surface area contributed by atoms with Gasteiger partial charge in [-0.2, -0.15) is 5.26 Å². The molecule has 4 N–H and O–H groups in total. The molecule has 9 heteroatoms. The first-order valence-corrected chi connectivity index (χ1v) is 7.91. The van der Waals surface area contributed by atoms with Crippen LogP contribution in [0.2, 0.25) is 0 Å². The third-order valence-corrected chi connectivity index (χ3v) is 4.60. The van der Waals surface area contributed by atoms with Crippen molar-refractivity contribution in [1.82, 2.24) is 9.97 Å². The molecule has 0 bridgehead atoms. The zero-order valence-electron chi connectivity index (χ0n) is 13.1. The summed E-state index contributed by atoms with van der Waals surface area (Å²) in [6.45, 7) is 1.81. The lowest BCUT2D eigenvalue weighted by Gasteiger charge is -2.09. The lowest BCUT2D eigenvalue weighted by molar-refractivity contribution is -0.384. The molecule has 25 heavy (non-hydrogen) atoms. The Morgan fingerprint density at radius 1 is 1.24 bits per heavy atom. The number of nitrogens with zero attached hydrogens (tertiary/aromatic N) is 4. The van der Waals surface area contributed by atoms with Crippen LogP contribution >= 0.6 is 11.3 Å². The highest BCUT2D eigenvalue weighted by Crippen LogP contribution is 2.36. The number of nitrogen functional groups attached to an aromatic ring is 2. The summed E-state index contributed by atoms with van der Waals surface area (Å²) in [5, 5.41) is 20.6. The van der Waals surface area contributed by atoms with Crippen LogP contribution in [0.25, 0.3) is 21.7 Å². The molecule has 0 aliphatic carbocycles. The molecule has 0 aliphatic rings. The van der Waals surface area contributed by atoms with Gasteiger partial charge < -0.3 is 11.5 Å². The van der Waals surface area contributed by atoms with Crippen LogP contribution in [0.1, 0.15) is 11.3 Å². The Labute approximate surface area is 146 Å². The molecular weight excluding hydrogens is 340 g/mol. The normalized spacial score (nSPS) is 10.4. The molecule has 0 unspecified atom stereocenters. The second-order valence-corrected chi connectivity index (χ2v) is 6.23. The Morgan fingerprint density at radius 3 is 2.44 bits per heavy atom. The molecule has 2 aromatic heterocycles. The highest BCUT2D eigenvalue weighted by molar-refractivity contribution is 7.18. The minimum Gasteiger partial charge on any atom is -0.383 e. The average molecular weight is 352 g/mol. The van der Waals surface area contributed by atoms with E-state index in [1.54, 1.807) is 18.2 Å². The van der Waals surface area contributed by atoms with Gasteiger partial charge in [0.2, 0.25) is 0 Å². The van der Waals surface area contributed by atoms with Gasteiger partial charge in [-0.05, 0) is 30.7 Å². The minimum atomic E-state index is -0.481. The van der Waals surface area contributed by atoms with E-state index in [-0.39, 0.29) is 17.1 Å². The van der Waals surface area contributed by atoms with E-state index in [1.807, 2.05) is 13.0 Å². The second kappa shape index (κ2) is 6.18. The van der Waals surface area contributed by atoms with E-state index in [0.717, 1.165) is 4.88 Å². The van der Waals surface area contributed by atoms with Crippen LogP contribution in [0.3, 0.4) is 0 Å². The first-order chi connectivity index (χ1) is 11.9. The van der Waals surface area contributed by atoms with E-state index in [2.05, 4.69) is 9.97 Å². The van der Waals surface area contributed by atoms with Crippen molar-refractivity contribution in [3.63, 3.8) is 0 Å². The predicted molar refractivity (Wildman–Crippen MR) is 95.7 cm³/mol. The molecule has 0 radical (unpaired) electrons. The number of aromatic nitrogens is 2. The summed E-state index contributed by atoms with van der Waals surface area (Å²) in [5.74, 6) is 0.0831. The fourth-order valence-electron chi connectivity index (χ4n) is 2.44. The maximum absolute atomic E-state index is 10.8. The smallest absolute Gasteiger partial charge is 0.269 e. The summed E-state index contributed by atoms with van der Waals surface area (Å²) in [4.78, 5) is 19.5. The zero-order valence-corrected chi connectivity index (χ0v) is 13.9. The van der Waals surface area contributed by atoms with Crippen molar-refractivity contribution in [1.29, 1.82) is 5.26 Å². The number of pyridine rings is 1. The highest BCUT2D eigenvalue weighted by Gasteiger charge is 2.17. The molecule has 0 saturated heterocycles. The number of anilines is 2. The van der Waals surface area contributed by atoms with Crippen LogP contribution < -0.4 is 11.5 Å². The molecule has 0 aliphatic heterocycles. The van der Waals surface area contributed by atoms with Crippen LogP contribution in [0, 0.1) is 28.4 Å². The van der Waals surface area contributed by atoms with Crippen molar-refractivity contribution >= 4 is 28.0 Å². The molecule has 0 fully saturated rings. The van der Waals surface area contributed by atoms with Gasteiger partial charge in [-0.1, -0.05) is 11.3 Å². The molecule has 0 atom stereocenters. The summed E-state index contributed by atoms with van der Waals surface area (Å²) in [7, 11) is 0. The largest absolute Gasteiger partial charge is 0.383 e. The molecule has 8 nitrogen and oxygen atoms in total. The number of aryl methyl sites for hydroxylation is 1. The fraction of sp³-hybridized carbons (Fsp3) is 0.0625. The van der Waals surface area contributed by atoms with Crippen molar-refractivity contribution in [3.05, 3.63) is 51.7 Å². The molecule has 2 heterocycles. The standard InChI is InChI=1S/C16H12N6O2S/c1-8-14(25-16(19)20-8)13-6-11(12(7-17)15(18)21-13)9-2-4-10(5-3-9)22(23)24/h2-6H,1H3,(H2,18,21)(H2,19,20). The SMILES string of the molecule is Cc1nc(N)sc1-c1cc(-c2ccc([N+](=O)[O-])cc2)c(C#N)c(N)n1. The summed E-state index contributed by atoms with van der Waals surface area (Å²) in [5.41, 5.74) is 14.3. The Kier molecular flexibility index (Phi) is 4.04. The number of benzene rings is 1. The Hall–Kier alpha value is -3.51. The molecular formula is C16H12N6O2S. The van der Waals surface area contributed by atoms with Gasteiger partial charge in [0.25, 0.3) is 5.69 Å². The first kappa shape index (κ1) is 16.4. The van der Waals surface area contributed by atoms with Crippen LogP contribution in [0.5, 0.6) is 0 Å². The van der Waals surface area contributed by atoms with Gasteiger partial charge in [-0.25, -0.2) is 9.97 Å². The van der Waals surface area contributed by atoms with E-state index >= 15 is 0 Å². The third-order valence-electron chi connectivity index (χ3n) is 3.59. The van der Waals surface area contributed by atoms with Crippen molar-refractivity contribution in [2.75, 3.05) is 11.5 Å². The summed E-state index contributed by atoms with van der Waals surface area (Å²) in [6, 6.07) is 9.66. The van der Waals surface area contributed by atoms with Gasteiger partial charge in [-0.3, -0.25) is 10.1 Å². The van der Waals surface area contributed by atoms with E-state index in [4.69, 9.17) is 11.5 Å². The molecule has 1 aromatic carbocycles. The lowest BCUT2D eigenvalue weighted by Crippen LogP contribution is -2.00. The Morgan fingerprint density at radius 2 is 1.92 bits per heavy atom. The maximum Gasteiger partial charge on any atom is 0.269 e. The molecule has 0 amide bonds. The van der Waals surface area contributed by atoms with Crippen LogP contribution in [-0.4, -0.2) is 14.9 Å². The summed E-state index contributed by atoms with van der Waals surface area (Å²) < 4.78 is 0. The number of hydrogen-bond donors (Lipinski definition) is 2. The molecule has 0 saturated carbocycles. The number of rotatable bonds is 3. The zero-order chi connectivity index (χ0) is 18.1. The average Bonchev–Trinajstić information content (AvgIpc) is 2.92. The van der Waals surface area contributed by atoms with Crippen LogP contribution in [0.4, 0.5) is 16.6 Å². The molecule has 3 aromatic rings. The number of thiazole rings is 1. The van der Waals surface area contributed by atoms with Crippen molar-refractivity contribution in [3.8, 4) is 27.8 Å². The van der Waals surface area contributed by atoms with E-state index in [9.17, 15) is 15.4 Å². The van der Waals surface area contributed by atoms with Crippen LogP contribution in [-0.2, 0) is 0 Å². The number of nitro groups is 1. The van der Waals surface area contributed by atoms with Crippen molar-refractivity contribution in [2.24, 2.45) is 0 Å². The minimum absolute atomic E-state index is 0.0319. The predicted octanol–water partition coefficient (Wildman–Crippen LogP) is 3.12. The molecule has 124 valence electrons. The Bertz CT molecular complexity index is 1020. The first-order valence-electron chi connectivity index (χ1n) is 7.09. The maximum atomic E-state index is 10.8. The number of nitriles is 1. The Balaban J connectivity index is 2.19. The van der Waals surface area contributed by atoms with E-state index in [1.165, 1.54) is 23.5 Å². The quantitative estimate of drug-likeness (QED) is 0.544. The molecule has 3 rings (SSSR count). The van der Waals surface area contributed by atoms with Gasteiger partial charge in [-0.15, -0.1) is 0 Å². The van der Waals surface area contributed by atoms with Gasteiger partial charge >= 0.3 is 0 Å². The highest BCUT2D eigenvalue weighted by atomic mass is 32.1. The van der Waals surface area contributed by atoms with Gasteiger partial charge in [0.1, 0.15) is 17.5 Å². The van der Waals surface area contributed by atoms with Gasteiger partial charge in [0.15, 0.2) is 5.13 Å². The second-order valence-electron chi connectivity index (χ2n) is 5.20. The van der Waals surface area contributed by atoms with Crippen molar-refractivity contribution < 1.29 is 4.92 Å². The van der Waals surface area contributed by atoms with E-state index in [0.29, 0.717) is 27.6 Å². The molecule has 0 spiro atoms. The topological polar surface area (TPSA) is 145 Å².